The number of nitrogens with zero attached hydrogens (tertiary/aromatic N) is 3. The number of para-hydroxylation sites is 1. The molecule has 0 N–H and O–H groups in total. The molecule has 1 aliphatic rings. The molecule has 4 heteroatoms. The second-order valence-electron chi connectivity index (χ2n) is 5.71. The highest BCUT2D eigenvalue weighted by Gasteiger charge is 2.25. The van der Waals surface area contributed by atoms with Gasteiger partial charge in [0.05, 0.1) is 5.71 Å². The van der Waals surface area contributed by atoms with Gasteiger partial charge in [-0.15, -0.1) is 0 Å². The molecule has 25 heavy (non-hydrogen) atoms. The summed E-state index contributed by atoms with van der Waals surface area (Å²) in [6, 6.07) is 23.7. The van der Waals surface area contributed by atoms with Crippen LogP contribution in [0.3, 0.4) is 0 Å². The molecule has 2 heterocycles. The molecule has 0 aliphatic carbocycles. The van der Waals surface area contributed by atoms with Crippen molar-refractivity contribution in [3.8, 4) is 5.75 Å². The van der Waals surface area contributed by atoms with Crippen molar-refractivity contribution in [1.82, 2.24) is 4.98 Å². The van der Waals surface area contributed by atoms with Crippen LogP contribution in [0.1, 0.15) is 17.2 Å². The van der Waals surface area contributed by atoms with E-state index in [4.69, 9.17) is 14.7 Å². The summed E-state index contributed by atoms with van der Waals surface area (Å²) in [5.41, 5.74) is 2.92. The molecule has 0 saturated carbocycles. The van der Waals surface area contributed by atoms with E-state index in [9.17, 15) is 0 Å². The van der Waals surface area contributed by atoms with E-state index >= 15 is 0 Å². The van der Waals surface area contributed by atoms with E-state index in [0.717, 1.165) is 22.6 Å². The van der Waals surface area contributed by atoms with Crippen LogP contribution in [0.15, 0.2) is 95.2 Å². The SMILES string of the molecule is c1ccc(OCC2=NC(c3cccnc3)=NC2c2ccccc2)cc1. The standard InChI is InChI=1S/C21H17N3O/c1-3-8-16(9-4-1)20-19(15-25-18-11-5-2-6-12-18)23-21(24-20)17-10-7-13-22-14-17/h1-14,20H,15H2. The highest BCUT2D eigenvalue weighted by atomic mass is 16.5. The molecule has 1 aliphatic heterocycles. The number of ether oxygens (including phenoxy) is 1. The van der Waals surface area contributed by atoms with Gasteiger partial charge in [0.15, 0.2) is 5.84 Å². The minimum atomic E-state index is -0.125. The molecular formula is C21H17N3O. The van der Waals surface area contributed by atoms with Crippen LogP contribution >= 0.6 is 0 Å². The van der Waals surface area contributed by atoms with Crippen LogP contribution in [0.2, 0.25) is 0 Å². The van der Waals surface area contributed by atoms with Crippen molar-refractivity contribution in [3.63, 3.8) is 0 Å². The molecule has 0 bridgehead atoms. The predicted octanol–water partition coefficient (Wildman–Crippen LogP) is 4.10. The van der Waals surface area contributed by atoms with Gasteiger partial charge in [0, 0.05) is 18.0 Å². The first-order chi connectivity index (χ1) is 12.4. The fourth-order valence-corrected chi connectivity index (χ4v) is 2.74. The molecule has 4 rings (SSSR count). The number of benzene rings is 2. The Morgan fingerprint density at radius 1 is 0.840 bits per heavy atom. The van der Waals surface area contributed by atoms with Gasteiger partial charge in [-0.3, -0.25) is 9.98 Å². The number of pyridine rings is 1. The molecule has 0 fully saturated rings. The molecule has 122 valence electrons. The number of amidine groups is 1. The van der Waals surface area contributed by atoms with E-state index < -0.39 is 0 Å². The largest absolute Gasteiger partial charge is 0.488 e. The summed E-state index contributed by atoms with van der Waals surface area (Å²) >= 11 is 0. The Morgan fingerprint density at radius 2 is 1.60 bits per heavy atom. The zero-order chi connectivity index (χ0) is 16.9. The molecule has 0 saturated heterocycles. The van der Waals surface area contributed by atoms with Gasteiger partial charge in [-0.2, -0.15) is 0 Å². The zero-order valence-electron chi connectivity index (χ0n) is 13.6. The van der Waals surface area contributed by atoms with Gasteiger partial charge in [-0.25, -0.2) is 4.99 Å². The Morgan fingerprint density at radius 3 is 2.32 bits per heavy atom. The highest BCUT2D eigenvalue weighted by molar-refractivity contribution is 6.13. The highest BCUT2D eigenvalue weighted by Crippen LogP contribution is 2.26. The summed E-state index contributed by atoms with van der Waals surface area (Å²) in [7, 11) is 0. The first-order valence-corrected chi connectivity index (χ1v) is 8.18. The van der Waals surface area contributed by atoms with E-state index in [1.807, 2.05) is 60.7 Å². The van der Waals surface area contributed by atoms with E-state index in [0.29, 0.717) is 12.4 Å². The predicted molar refractivity (Wildman–Crippen MR) is 99.3 cm³/mol. The maximum atomic E-state index is 5.91. The van der Waals surface area contributed by atoms with Crippen molar-refractivity contribution in [2.24, 2.45) is 9.98 Å². The lowest BCUT2D eigenvalue weighted by molar-refractivity contribution is 0.373. The number of aromatic nitrogens is 1. The second-order valence-corrected chi connectivity index (χ2v) is 5.71. The van der Waals surface area contributed by atoms with Crippen molar-refractivity contribution in [3.05, 3.63) is 96.3 Å². The van der Waals surface area contributed by atoms with E-state index in [2.05, 4.69) is 17.1 Å². The van der Waals surface area contributed by atoms with Gasteiger partial charge in [-0.1, -0.05) is 48.5 Å². The smallest absolute Gasteiger partial charge is 0.157 e. The van der Waals surface area contributed by atoms with Crippen molar-refractivity contribution < 1.29 is 4.74 Å². The first kappa shape index (κ1) is 15.3. The van der Waals surface area contributed by atoms with Gasteiger partial charge in [0.25, 0.3) is 0 Å². The van der Waals surface area contributed by atoms with Crippen LogP contribution in [0.4, 0.5) is 0 Å². The molecule has 1 aromatic heterocycles. The van der Waals surface area contributed by atoms with E-state index in [-0.39, 0.29) is 6.04 Å². The Balaban J connectivity index is 1.62. The maximum Gasteiger partial charge on any atom is 0.157 e. The van der Waals surface area contributed by atoms with Crippen LogP contribution in [-0.2, 0) is 0 Å². The molecule has 2 aromatic carbocycles. The first-order valence-electron chi connectivity index (χ1n) is 8.18. The summed E-state index contributed by atoms with van der Waals surface area (Å²) in [5.74, 6) is 1.53. The molecule has 1 atom stereocenters. The van der Waals surface area contributed by atoms with Crippen molar-refractivity contribution >= 4 is 11.5 Å². The Labute approximate surface area is 146 Å². The van der Waals surface area contributed by atoms with Crippen LogP contribution in [0.25, 0.3) is 0 Å². The summed E-state index contributed by atoms with van der Waals surface area (Å²) in [6.45, 7) is 0.400. The minimum absolute atomic E-state index is 0.125. The third kappa shape index (κ3) is 3.48. The zero-order valence-corrected chi connectivity index (χ0v) is 13.6. The van der Waals surface area contributed by atoms with Gasteiger partial charge in [0.1, 0.15) is 18.4 Å². The average molecular weight is 327 g/mol. The molecule has 3 aromatic rings. The Kier molecular flexibility index (Phi) is 4.33. The van der Waals surface area contributed by atoms with Gasteiger partial charge in [-0.05, 0) is 29.8 Å². The lowest BCUT2D eigenvalue weighted by Gasteiger charge is -2.12. The Bertz CT molecular complexity index is 890. The van der Waals surface area contributed by atoms with Crippen LogP contribution in [0.5, 0.6) is 5.75 Å². The van der Waals surface area contributed by atoms with Crippen molar-refractivity contribution in [2.75, 3.05) is 6.61 Å². The lowest BCUT2D eigenvalue weighted by atomic mass is 10.0. The summed E-state index contributed by atoms with van der Waals surface area (Å²) in [6.07, 6.45) is 3.53. The molecule has 4 nitrogen and oxygen atoms in total. The average Bonchev–Trinajstić information content (AvgIpc) is 3.13. The summed E-state index contributed by atoms with van der Waals surface area (Å²) in [4.78, 5) is 13.7. The fourth-order valence-electron chi connectivity index (χ4n) is 2.74. The van der Waals surface area contributed by atoms with Gasteiger partial charge < -0.3 is 4.74 Å². The van der Waals surface area contributed by atoms with Crippen molar-refractivity contribution in [2.45, 2.75) is 6.04 Å². The van der Waals surface area contributed by atoms with Crippen LogP contribution in [-0.4, -0.2) is 23.1 Å². The number of rotatable bonds is 5. The topological polar surface area (TPSA) is 46.8 Å². The number of hydrogen-bond acceptors (Lipinski definition) is 4. The van der Waals surface area contributed by atoms with E-state index in [1.54, 1.807) is 12.4 Å². The van der Waals surface area contributed by atoms with Gasteiger partial charge >= 0.3 is 0 Å². The third-order valence-corrected chi connectivity index (χ3v) is 3.98. The molecule has 1 unspecified atom stereocenters. The monoisotopic (exact) mass is 327 g/mol. The molecule has 0 radical (unpaired) electrons. The number of aliphatic imine (C=N–C) groups is 2. The summed E-state index contributed by atoms with van der Waals surface area (Å²) in [5, 5.41) is 0. The van der Waals surface area contributed by atoms with Crippen LogP contribution in [0, 0.1) is 0 Å². The maximum absolute atomic E-state index is 5.91. The quantitative estimate of drug-likeness (QED) is 0.708. The number of hydrogen-bond donors (Lipinski definition) is 0. The van der Waals surface area contributed by atoms with Crippen molar-refractivity contribution in [1.29, 1.82) is 0 Å². The van der Waals surface area contributed by atoms with E-state index in [1.165, 1.54) is 0 Å². The molecular weight excluding hydrogens is 310 g/mol. The van der Waals surface area contributed by atoms with Crippen LogP contribution < -0.4 is 4.74 Å². The lowest BCUT2D eigenvalue weighted by Crippen LogP contribution is -2.16. The normalized spacial score (nSPS) is 16.2. The fraction of sp³-hybridized carbons (Fsp3) is 0.0952. The van der Waals surface area contributed by atoms with Gasteiger partial charge in [0.2, 0.25) is 0 Å². The molecule has 0 spiro atoms. The third-order valence-electron chi connectivity index (χ3n) is 3.98. The molecule has 0 amide bonds. The second kappa shape index (κ2) is 7.09. The Hall–Kier alpha value is -3.27. The minimum Gasteiger partial charge on any atom is -0.488 e. The summed E-state index contributed by atoms with van der Waals surface area (Å²) < 4.78 is 5.91.